The maximum absolute atomic E-state index is 9.22. The molecule has 1 aromatic rings. The number of hydrogen-bond donors (Lipinski definition) is 1. The van der Waals surface area contributed by atoms with E-state index in [9.17, 15) is 5.11 Å². The fourth-order valence-electron chi connectivity index (χ4n) is 0.843. The van der Waals surface area contributed by atoms with Crippen molar-refractivity contribution in [2.75, 3.05) is 6.61 Å². The van der Waals surface area contributed by atoms with Crippen molar-refractivity contribution in [3.05, 3.63) is 21.1 Å². The molecule has 0 saturated heterocycles. The molecule has 0 bridgehead atoms. The molecule has 0 aromatic heterocycles. The molecule has 72 valence electrons. The molecular formula is C8H7Cl3O2. The van der Waals surface area contributed by atoms with E-state index in [4.69, 9.17) is 39.5 Å². The molecule has 0 aliphatic carbocycles. The molecule has 13 heavy (non-hydrogen) atoms. The van der Waals surface area contributed by atoms with Crippen LogP contribution in [0, 0.1) is 0 Å². The Morgan fingerprint density at radius 2 is 1.92 bits per heavy atom. The summed E-state index contributed by atoms with van der Waals surface area (Å²) in [6.07, 6.45) is 0. The first-order valence-corrected chi connectivity index (χ1v) is 4.70. The van der Waals surface area contributed by atoms with E-state index in [0.29, 0.717) is 12.4 Å². The van der Waals surface area contributed by atoms with E-state index in [0.717, 1.165) is 0 Å². The molecule has 0 fully saturated rings. The van der Waals surface area contributed by atoms with Crippen LogP contribution in [0.2, 0.25) is 15.1 Å². The number of aromatic hydroxyl groups is 1. The minimum absolute atomic E-state index is 0.0505. The van der Waals surface area contributed by atoms with Crippen molar-refractivity contribution < 1.29 is 9.84 Å². The Labute approximate surface area is 91.0 Å². The smallest absolute Gasteiger partial charge is 0.158 e. The number of ether oxygens (including phenoxy) is 1. The van der Waals surface area contributed by atoms with Crippen LogP contribution in [0.15, 0.2) is 6.07 Å². The molecule has 0 aliphatic heterocycles. The van der Waals surface area contributed by atoms with Crippen molar-refractivity contribution in [2.24, 2.45) is 0 Å². The van der Waals surface area contributed by atoms with E-state index in [2.05, 4.69) is 0 Å². The van der Waals surface area contributed by atoms with Crippen LogP contribution in [0.3, 0.4) is 0 Å². The first-order chi connectivity index (χ1) is 6.07. The van der Waals surface area contributed by atoms with Crippen molar-refractivity contribution in [3.63, 3.8) is 0 Å². The lowest BCUT2D eigenvalue weighted by Gasteiger charge is -2.09. The quantitative estimate of drug-likeness (QED) is 0.799. The normalized spacial score (nSPS) is 10.2. The topological polar surface area (TPSA) is 29.5 Å². The average molecular weight is 242 g/mol. The van der Waals surface area contributed by atoms with E-state index in [1.807, 2.05) is 0 Å². The largest absolute Gasteiger partial charge is 0.506 e. The Morgan fingerprint density at radius 1 is 1.31 bits per heavy atom. The maximum atomic E-state index is 9.22. The Balaban J connectivity index is 3.26. The summed E-state index contributed by atoms with van der Waals surface area (Å²) in [6.45, 7) is 2.23. The number of halogens is 3. The summed E-state index contributed by atoms with van der Waals surface area (Å²) in [4.78, 5) is 0. The van der Waals surface area contributed by atoms with E-state index in [-0.39, 0.29) is 20.8 Å². The summed E-state index contributed by atoms with van der Waals surface area (Å²) in [5.74, 6) is 0.147. The van der Waals surface area contributed by atoms with Gasteiger partial charge in [-0.2, -0.15) is 0 Å². The second kappa shape index (κ2) is 4.27. The zero-order valence-electron chi connectivity index (χ0n) is 6.77. The zero-order chi connectivity index (χ0) is 10.0. The van der Waals surface area contributed by atoms with Gasteiger partial charge in [0.2, 0.25) is 0 Å². The SMILES string of the molecule is CCOc1c(Cl)cc(O)c(Cl)c1Cl. The summed E-state index contributed by atoms with van der Waals surface area (Å²) in [6, 6.07) is 1.29. The maximum Gasteiger partial charge on any atom is 0.158 e. The third-order valence-electron chi connectivity index (χ3n) is 1.39. The molecule has 0 amide bonds. The fourth-order valence-corrected chi connectivity index (χ4v) is 1.54. The molecule has 0 atom stereocenters. The van der Waals surface area contributed by atoms with Gasteiger partial charge in [0.25, 0.3) is 0 Å². The molecule has 1 rings (SSSR count). The van der Waals surface area contributed by atoms with Gasteiger partial charge in [0.05, 0.1) is 11.6 Å². The van der Waals surface area contributed by atoms with Crippen LogP contribution in [0.25, 0.3) is 0 Å². The van der Waals surface area contributed by atoms with Gasteiger partial charge in [-0.3, -0.25) is 0 Å². The summed E-state index contributed by atoms with van der Waals surface area (Å²) < 4.78 is 5.14. The van der Waals surface area contributed by atoms with Crippen molar-refractivity contribution in [1.29, 1.82) is 0 Å². The van der Waals surface area contributed by atoms with Crippen LogP contribution in [-0.4, -0.2) is 11.7 Å². The molecule has 0 spiro atoms. The Kier molecular flexibility index (Phi) is 3.54. The van der Waals surface area contributed by atoms with Crippen molar-refractivity contribution in [2.45, 2.75) is 6.92 Å². The van der Waals surface area contributed by atoms with E-state index < -0.39 is 0 Å². The average Bonchev–Trinajstić information content (AvgIpc) is 2.09. The van der Waals surface area contributed by atoms with Gasteiger partial charge in [0.1, 0.15) is 15.8 Å². The lowest BCUT2D eigenvalue weighted by Crippen LogP contribution is -1.93. The first kappa shape index (κ1) is 10.8. The van der Waals surface area contributed by atoms with Crippen LogP contribution in [0.5, 0.6) is 11.5 Å². The summed E-state index contributed by atoms with van der Waals surface area (Å²) in [5.41, 5.74) is 0. The van der Waals surface area contributed by atoms with Gasteiger partial charge in [-0.05, 0) is 6.92 Å². The van der Waals surface area contributed by atoms with Crippen LogP contribution in [0.1, 0.15) is 6.92 Å². The number of phenolic OH excluding ortho intramolecular Hbond substituents is 1. The molecule has 2 nitrogen and oxygen atoms in total. The lowest BCUT2D eigenvalue weighted by atomic mass is 10.3. The molecular weight excluding hydrogens is 234 g/mol. The molecule has 1 N–H and O–H groups in total. The second-order valence-electron chi connectivity index (χ2n) is 2.27. The third kappa shape index (κ3) is 2.13. The van der Waals surface area contributed by atoms with E-state index >= 15 is 0 Å². The van der Waals surface area contributed by atoms with Gasteiger partial charge >= 0.3 is 0 Å². The minimum Gasteiger partial charge on any atom is -0.506 e. The van der Waals surface area contributed by atoms with Crippen LogP contribution in [-0.2, 0) is 0 Å². The minimum atomic E-state index is -0.153. The highest BCUT2D eigenvalue weighted by atomic mass is 35.5. The van der Waals surface area contributed by atoms with Crippen molar-refractivity contribution in [3.8, 4) is 11.5 Å². The Morgan fingerprint density at radius 3 is 2.46 bits per heavy atom. The van der Waals surface area contributed by atoms with Gasteiger partial charge in [-0.15, -0.1) is 0 Å². The zero-order valence-corrected chi connectivity index (χ0v) is 9.04. The van der Waals surface area contributed by atoms with Crippen molar-refractivity contribution in [1.82, 2.24) is 0 Å². The first-order valence-electron chi connectivity index (χ1n) is 3.57. The van der Waals surface area contributed by atoms with Gasteiger partial charge in [0, 0.05) is 6.07 Å². The van der Waals surface area contributed by atoms with Crippen LogP contribution < -0.4 is 4.74 Å². The van der Waals surface area contributed by atoms with Gasteiger partial charge in [-0.25, -0.2) is 0 Å². The number of phenols is 1. The second-order valence-corrected chi connectivity index (χ2v) is 3.43. The Bertz CT molecular complexity index is 326. The fraction of sp³-hybridized carbons (Fsp3) is 0.250. The third-order valence-corrected chi connectivity index (χ3v) is 2.51. The molecule has 0 saturated carbocycles. The van der Waals surface area contributed by atoms with E-state index in [1.165, 1.54) is 6.07 Å². The van der Waals surface area contributed by atoms with Crippen LogP contribution in [0.4, 0.5) is 0 Å². The molecule has 1 aromatic carbocycles. The van der Waals surface area contributed by atoms with Gasteiger partial charge in [-0.1, -0.05) is 34.8 Å². The summed E-state index contributed by atoms with van der Waals surface area (Å²) in [7, 11) is 0. The molecule has 5 heteroatoms. The van der Waals surface area contributed by atoms with Gasteiger partial charge in [0.15, 0.2) is 5.75 Å². The molecule has 0 radical (unpaired) electrons. The van der Waals surface area contributed by atoms with Crippen LogP contribution >= 0.6 is 34.8 Å². The predicted molar refractivity (Wildman–Crippen MR) is 54.3 cm³/mol. The Hall–Kier alpha value is -0.310. The molecule has 0 aliphatic rings. The van der Waals surface area contributed by atoms with Gasteiger partial charge < -0.3 is 9.84 Å². The monoisotopic (exact) mass is 240 g/mol. The summed E-state index contributed by atoms with van der Waals surface area (Å²) in [5, 5.41) is 9.64. The highest BCUT2D eigenvalue weighted by Crippen LogP contribution is 2.43. The summed E-state index contributed by atoms with van der Waals surface area (Å²) >= 11 is 17.2. The highest BCUT2D eigenvalue weighted by Gasteiger charge is 2.14. The van der Waals surface area contributed by atoms with E-state index in [1.54, 1.807) is 6.92 Å². The standard InChI is InChI=1S/C8H7Cl3O2/c1-2-13-8-4(9)3-5(12)6(10)7(8)11/h3,12H,2H2,1H3. The number of hydrogen-bond acceptors (Lipinski definition) is 2. The number of benzene rings is 1. The lowest BCUT2D eigenvalue weighted by molar-refractivity contribution is 0.340. The molecule has 0 heterocycles. The van der Waals surface area contributed by atoms with Crippen molar-refractivity contribution >= 4 is 34.8 Å². The number of rotatable bonds is 2. The molecule has 0 unspecified atom stereocenters. The predicted octanol–water partition coefficient (Wildman–Crippen LogP) is 3.75. The highest BCUT2D eigenvalue weighted by molar-refractivity contribution is 6.45.